The lowest BCUT2D eigenvalue weighted by Crippen LogP contribution is -2.48. The van der Waals surface area contributed by atoms with Gasteiger partial charge in [-0.2, -0.15) is 0 Å². The Bertz CT molecular complexity index is 249. The molecule has 1 aliphatic heterocycles. The molecule has 84 valence electrons. The van der Waals surface area contributed by atoms with Crippen molar-refractivity contribution in [2.24, 2.45) is 0 Å². The van der Waals surface area contributed by atoms with E-state index in [0.717, 1.165) is 6.42 Å². The Morgan fingerprint density at radius 1 is 1.67 bits per heavy atom. The minimum Gasteiger partial charge on any atom is -0.426 e. The van der Waals surface area contributed by atoms with Crippen molar-refractivity contribution in [3.63, 3.8) is 0 Å². The molecular weight excluding hydrogens is 199 g/mol. The maximum atomic E-state index is 11.6. The first kappa shape index (κ1) is 12.0. The second-order valence-corrected chi connectivity index (χ2v) is 3.73. The van der Waals surface area contributed by atoms with Crippen molar-refractivity contribution in [2.75, 3.05) is 20.1 Å². The minimum atomic E-state index is -1.50. The van der Waals surface area contributed by atoms with Crippen molar-refractivity contribution in [3.8, 4) is 0 Å². The van der Waals surface area contributed by atoms with Gasteiger partial charge in [0, 0.05) is 13.6 Å². The SMILES string of the molecule is CN(C=O)CC(=O)N1CCCC1B(O)O. The highest BCUT2D eigenvalue weighted by molar-refractivity contribution is 6.43. The van der Waals surface area contributed by atoms with Crippen LogP contribution in [0.15, 0.2) is 0 Å². The van der Waals surface area contributed by atoms with Crippen LogP contribution < -0.4 is 0 Å². The summed E-state index contributed by atoms with van der Waals surface area (Å²) < 4.78 is 0. The van der Waals surface area contributed by atoms with Crippen LogP contribution >= 0.6 is 0 Å². The molecule has 1 heterocycles. The van der Waals surface area contributed by atoms with Crippen LogP contribution in [-0.2, 0) is 9.59 Å². The molecule has 1 unspecified atom stereocenters. The molecule has 1 aliphatic rings. The van der Waals surface area contributed by atoms with E-state index in [2.05, 4.69) is 0 Å². The third-order valence-electron chi connectivity index (χ3n) is 2.53. The molecule has 0 saturated carbocycles. The summed E-state index contributed by atoms with van der Waals surface area (Å²) in [5.41, 5.74) is 0. The van der Waals surface area contributed by atoms with Crippen LogP contribution in [0, 0.1) is 0 Å². The van der Waals surface area contributed by atoms with Crippen LogP contribution in [0.3, 0.4) is 0 Å². The Morgan fingerprint density at radius 3 is 2.87 bits per heavy atom. The number of hydrogen-bond donors (Lipinski definition) is 2. The molecule has 0 aliphatic carbocycles. The highest BCUT2D eigenvalue weighted by atomic mass is 16.4. The number of nitrogens with zero attached hydrogens (tertiary/aromatic N) is 2. The zero-order chi connectivity index (χ0) is 11.4. The third kappa shape index (κ3) is 2.94. The van der Waals surface area contributed by atoms with Crippen molar-refractivity contribution in [1.29, 1.82) is 0 Å². The van der Waals surface area contributed by atoms with Crippen LogP contribution in [0.1, 0.15) is 12.8 Å². The van der Waals surface area contributed by atoms with E-state index in [1.165, 1.54) is 16.8 Å². The minimum absolute atomic E-state index is 0.0211. The molecule has 0 aromatic rings. The first-order chi connectivity index (χ1) is 7.06. The van der Waals surface area contributed by atoms with Gasteiger partial charge < -0.3 is 19.8 Å². The van der Waals surface area contributed by atoms with Gasteiger partial charge in [0.15, 0.2) is 0 Å². The number of hydrogen-bond acceptors (Lipinski definition) is 4. The Morgan fingerprint density at radius 2 is 2.33 bits per heavy atom. The molecule has 0 bridgehead atoms. The first-order valence-electron chi connectivity index (χ1n) is 4.87. The summed E-state index contributed by atoms with van der Waals surface area (Å²) in [4.78, 5) is 24.6. The summed E-state index contributed by atoms with van der Waals surface area (Å²) in [6, 6.07) is 0. The Balaban J connectivity index is 2.54. The fourth-order valence-corrected chi connectivity index (χ4v) is 1.75. The van der Waals surface area contributed by atoms with E-state index in [9.17, 15) is 9.59 Å². The summed E-state index contributed by atoms with van der Waals surface area (Å²) in [7, 11) is 0.00345. The van der Waals surface area contributed by atoms with Gasteiger partial charge in [0.2, 0.25) is 12.3 Å². The van der Waals surface area contributed by atoms with Gasteiger partial charge in [-0.1, -0.05) is 0 Å². The van der Waals surface area contributed by atoms with Crippen LogP contribution in [0.2, 0.25) is 0 Å². The molecule has 7 heteroatoms. The largest absolute Gasteiger partial charge is 0.475 e. The molecule has 2 N–H and O–H groups in total. The first-order valence-corrected chi connectivity index (χ1v) is 4.87. The number of likely N-dealkylation sites (tertiary alicyclic amines) is 1. The van der Waals surface area contributed by atoms with E-state index >= 15 is 0 Å². The molecule has 1 fully saturated rings. The van der Waals surface area contributed by atoms with Gasteiger partial charge in [-0.3, -0.25) is 9.59 Å². The molecule has 2 amide bonds. The maximum absolute atomic E-state index is 11.6. The Kier molecular flexibility index (Phi) is 4.10. The lowest BCUT2D eigenvalue weighted by molar-refractivity contribution is -0.135. The molecule has 1 atom stereocenters. The van der Waals surface area contributed by atoms with E-state index in [1.54, 1.807) is 0 Å². The summed E-state index contributed by atoms with van der Waals surface area (Å²) in [5.74, 6) is -0.780. The second-order valence-electron chi connectivity index (χ2n) is 3.73. The Labute approximate surface area is 88.6 Å². The van der Waals surface area contributed by atoms with Gasteiger partial charge in [0.05, 0.1) is 12.5 Å². The van der Waals surface area contributed by atoms with Crippen LogP contribution in [-0.4, -0.2) is 65.4 Å². The van der Waals surface area contributed by atoms with Gasteiger partial charge in [0.1, 0.15) is 0 Å². The number of carbonyl (C=O) groups is 2. The van der Waals surface area contributed by atoms with E-state index < -0.39 is 13.1 Å². The molecule has 1 rings (SSSR count). The summed E-state index contributed by atoms with van der Waals surface area (Å²) in [6.45, 7) is 0.501. The van der Waals surface area contributed by atoms with Crippen molar-refractivity contribution >= 4 is 19.4 Å². The number of likely N-dealkylation sites (N-methyl/N-ethyl adjacent to an activating group) is 1. The fourth-order valence-electron chi connectivity index (χ4n) is 1.75. The number of rotatable bonds is 4. The number of carbonyl (C=O) groups excluding carboxylic acids is 2. The molecule has 0 aromatic carbocycles. The topological polar surface area (TPSA) is 81.1 Å². The van der Waals surface area contributed by atoms with E-state index in [0.29, 0.717) is 19.4 Å². The fraction of sp³-hybridized carbons (Fsp3) is 0.750. The lowest BCUT2D eigenvalue weighted by atomic mass is 9.78. The Hall–Kier alpha value is -1.08. The van der Waals surface area contributed by atoms with Crippen LogP contribution in [0.5, 0.6) is 0 Å². The van der Waals surface area contributed by atoms with Gasteiger partial charge in [-0.25, -0.2) is 0 Å². The highest BCUT2D eigenvalue weighted by Gasteiger charge is 2.36. The maximum Gasteiger partial charge on any atom is 0.475 e. The summed E-state index contributed by atoms with van der Waals surface area (Å²) >= 11 is 0. The molecule has 15 heavy (non-hydrogen) atoms. The monoisotopic (exact) mass is 214 g/mol. The lowest BCUT2D eigenvalue weighted by Gasteiger charge is -2.25. The quantitative estimate of drug-likeness (QED) is 0.422. The van der Waals surface area contributed by atoms with Gasteiger partial charge in [0.25, 0.3) is 0 Å². The van der Waals surface area contributed by atoms with Crippen molar-refractivity contribution in [3.05, 3.63) is 0 Å². The molecular formula is C8H15BN2O4. The van der Waals surface area contributed by atoms with Gasteiger partial charge in [-0.15, -0.1) is 0 Å². The van der Waals surface area contributed by atoms with E-state index in [4.69, 9.17) is 10.0 Å². The molecule has 0 aromatic heterocycles. The standard InChI is InChI=1S/C8H15BN2O4/c1-10(6-12)5-8(13)11-4-2-3-7(11)9(14)15/h6-7,14-15H,2-5H2,1H3. The van der Waals surface area contributed by atoms with Gasteiger partial charge in [-0.05, 0) is 12.8 Å². The van der Waals surface area contributed by atoms with E-state index in [1.807, 2.05) is 0 Å². The predicted octanol–water partition coefficient (Wildman–Crippen LogP) is -1.92. The average Bonchev–Trinajstić information content (AvgIpc) is 2.65. The third-order valence-corrected chi connectivity index (χ3v) is 2.53. The summed E-state index contributed by atoms with van der Waals surface area (Å²) in [5, 5.41) is 18.1. The normalized spacial score (nSPS) is 20.2. The average molecular weight is 214 g/mol. The molecule has 1 saturated heterocycles. The molecule has 0 radical (unpaired) electrons. The zero-order valence-corrected chi connectivity index (χ0v) is 8.67. The van der Waals surface area contributed by atoms with Gasteiger partial charge >= 0.3 is 7.12 Å². The van der Waals surface area contributed by atoms with Crippen molar-refractivity contribution in [1.82, 2.24) is 9.80 Å². The summed E-state index contributed by atoms with van der Waals surface area (Å²) in [6.07, 6.45) is 1.92. The van der Waals surface area contributed by atoms with Crippen molar-refractivity contribution < 1.29 is 19.6 Å². The smallest absolute Gasteiger partial charge is 0.426 e. The number of amides is 2. The van der Waals surface area contributed by atoms with Crippen LogP contribution in [0.4, 0.5) is 0 Å². The predicted molar refractivity (Wildman–Crippen MR) is 53.6 cm³/mol. The molecule has 0 spiro atoms. The zero-order valence-electron chi connectivity index (χ0n) is 8.67. The second kappa shape index (κ2) is 5.13. The van der Waals surface area contributed by atoms with E-state index in [-0.39, 0.29) is 12.5 Å². The van der Waals surface area contributed by atoms with Crippen LogP contribution in [0.25, 0.3) is 0 Å². The molecule has 6 nitrogen and oxygen atoms in total. The highest BCUT2D eigenvalue weighted by Crippen LogP contribution is 2.17. The van der Waals surface area contributed by atoms with Crippen molar-refractivity contribution in [2.45, 2.75) is 18.8 Å².